The van der Waals surface area contributed by atoms with Gasteiger partial charge in [0.2, 0.25) is 5.91 Å². The molecule has 2 heterocycles. The minimum absolute atomic E-state index is 0.114. The number of thiophene rings is 1. The molecule has 2 atom stereocenters. The summed E-state index contributed by atoms with van der Waals surface area (Å²) < 4.78 is 15.2. The summed E-state index contributed by atoms with van der Waals surface area (Å²) >= 11 is 1.69. The number of halogens is 1. The predicted octanol–water partition coefficient (Wildman–Crippen LogP) is 3.38. The summed E-state index contributed by atoms with van der Waals surface area (Å²) in [7, 11) is 3.85. The van der Waals surface area contributed by atoms with Gasteiger partial charge in [-0.05, 0) is 65.9 Å². The molecule has 148 valence electrons. The number of hydrogen-bond donors (Lipinski definition) is 1. The molecule has 1 saturated heterocycles. The molecule has 2 aliphatic rings. The first-order valence-electron chi connectivity index (χ1n) is 9.77. The molecular formula is C23H24BFN2OS. The number of benzene rings is 1. The molecule has 0 bridgehead atoms. The van der Waals surface area contributed by atoms with Crippen molar-refractivity contribution in [2.45, 2.75) is 25.3 Å². The Bertz CT molecular complexity index is 1070. The standard InChI is InChI=1S/C23H24BFN2OS/c1-5-6-16-11-15(9-10-18(16)25)17-12-19(29-21(17)24)23(3)20(14-7-8-14)22(28)27(4)13(2)26-23/h6,9-12,14,20,26H,1-2,7-8,24H2,3-4H3/t20-,23-/m1/s1. The van der Waals surface area contributed by atoms with E-state index in [0.29, 0.717) is 17.3 Å². The molecule has 1 N–H and O–H groups in total. The molecule has 29 heavy (non-hydrogen) atoms. The summed E-state index contributed by atoms with van der Waals surface area (Å²) in [6.45, 7) is 9.70. The Kier molecular flexibility index (Phi) is 4.80. The normalized spacial score (nSPS) is 24.2. The molecule has 4 rings (SSSR count). The van der Waals surface area contributed by atoms with Crippen molar-refractivity contribution in [3.63, 3.8) is 0 Å². The van der Waals surface area contributed by atoms with Crippen molar-refractivity contribution < 1.29 is 9.18 Å². The van der Waals surface area contributed by atoms with Crippen LogP contribution in [0, 0.1) is 17.7 Å². The largest absolute Gasteiger partial charge is 0.361 e. The van der Waals surface area contributed by atoms with Crippen LogP contribution in [0.15, 0.2) is 49.0 Å². The minimum atomic E-state index is -0.501. The van der Waals surface area contributed by atoms with E-state index in [1.165, 1.54) is 6.07 Å². The first kappa shape index (κ1) is 19.7. The van der Waals surface area contributed by atoms with E-state index in [0.717, 1.165) is 33.6 Å². The first-order valence-corrected chi connectivity index (χ1v) is 10.6. The lowest BCUT2D eigenvalue weighted by Gasteiger charge is -2.46. The van der Waals surface area contributed by atoms with Crippen molar-refractivity contribution in [1.82, 2.24) is 10.2 Å². The van der Waals surface area contributed by atoms with Gasteiger partial charge in [0, 0.05) is 17.5 Å². The van der Waals surface area contributed by atoms with Gasteiger partial charge in [0.15, 0.2) is 7.85 Å². The fraction of sp³-hybridized carbons (Fsp3) is 0.304. The Labute approximate surface area is 176 Å². The lowest BCUT2D eigenvalue weighted by molar-refractivity contribution is -0.139. The average Bonchev–Trinajstić information content (AvgIpc) is 3.42. The van der Waals surface area contributed by atoms with Crippen LogP contribution in [0.1, 0.15) is 30.2 Å². The van der Waals surface area contributed by atoms with E-state index >= 15 is 0 Å². The maximum atomic E-state index is 14.0. The summed E-state index contributed by atoms with van der Waals surface area (Å²) in [5.41, 5.74) is 4.61. The van der Waals surface area contributed by atoms with E-state index in [-0.39, 0.29) is 17.6 Å². The molecule has 1 aromatic heterocycles. The Morgan fingerprint density at radius 2 is 2.14 bits per heavy atom. The van der Waals surface area contributed by atoms with Crippen LogP contribution in [0.2, 0.25) is 0 Å². The SMILES string of the molecule is Bc1sc([C@@]2(C)NC(=C)N(C)C(=O)[C@H]2C2CC2)cc1-c1ccc(F)c(C=C=C)c1. The number of amides is 1. The third kappa shape index (κ3) is 3.27. The van der Waals surface area contributed by atoms with Gasteiger partial charge in [-0.25, -0.2) is 4.39 Å². The topological polar surface area (TPSA) is 32.3 Å². The zero-order chi connectivity index (χ0) is 20.9. The van der Waals surface area contributed by atoms with Gasteiger partial charge in [0.25, 0.3) is 0 Å². The third-order valence-corrected chi connectivity index (χ3v) is 7.40. The van der Waals surface area contributed by atoms with E-state index in [9.17, 15) is 9.18 Å². The maximum absolute atomic E-state index is 14.0. The fourth-order valence-electron chi connectivity index (χ4n) is 4.32. The van der Waals surface area contributed by atoms with Crippen molar-refractivity contribution in [3.05, 3.63) is 65.2 Å². The molecule has 1 aliphatic carbocycles. The molecule has 2 aromatic rings. The molecule has 3 nitrogen and oxygen atoms in total. The molecule has 1 aliphatic heterocycles. The molecule has 0 unspecified atom stereocenters. The maximum Gasteiger partial charge on any atom is 0.233 e. The number of hydrogen-bond acceptors (Lipinski definition) is 3. The lowest BCUT2D eigenvalue weighted by atomic mass is 9.77. The van der Waals surface area contributed by atoms with Gasteiger partial charge in [-0.1, -0.05) is 19.2 Å². The van der Waals surface area contributed by atoms with E-state index in [1.54, 1.807) is 35.4 Å². The average molecular weight is 406 g/mol. The molecule has 1 aromatic carbocycles. The van der Waals surface area contributed by atoms with Gasteiger partial charge in [0.05, 0.1) is 11.5 Å². The number of carbonyl (C=O) groups is 1. The quantitative estimate of drug-likeness (QED) is 0.624. The third-order valence-electron chi connectivity index (χ3n) is 6.12. The van der Waals surface area contributed by atoms with Crippen molar-refractivity contribution >= 4 is 35.9 Å². The minimum Gasteiger partial charge on any atom is -0.361 e. The highest BCUT2D eigenvalue weighted by Crippen LogP contribution is 2.50. The van der Waals surface area contributed by atoms with E-state index < -0.39 is 5.54 Å². The van der Waals surface area contributed by atoms with Crippen LogP contribution in [-0.4, -0.2) is 25.7 Å². The molecule has 1 saturated carbocycles. The molecule has 6 heteroatoms. The second-order valence-corrected chi connectivity index (χ2v) is 9.41. The van der Waals surface area contributed by atoms with Crippen LogP contribution in [-0.2, 0) is 10.3 Å². The number of carbonyl (C=O) groups excluding carboxylic acids is 1. The second kappa shape index (κ2) is 7.05. The second-order valence-electron chi connectivity index (χ2n) is 8.15. The zero-order valence-electron chi connectivity index (χ0n) is 17.0. The van der Waals surface area contributed by atoms with Crippen LogP contribution < -0.4 is 10.1 Å². The van der Waals surface area contributed by atoms with Crippen molar-refractivity contribution in [1.29, 1.82) is 0 Å². The highest BCUT2D eigenvalue weighted by Gasteiger charge is 2.53. The number of rotatable bonds is 4. The number of nitrogens with one attached hydrogen (secondary N) is 1. The molecular weight excluding hydrogens is 382 g/mol. The summed E-state index contributed by atoms with van der Waals surface area (Å²) in [6.07, 6.45) is 3.72. The molecule has 0 radical (unpaired) electrons. The predicted molar refractivity (Wildman–Crippen MR) is 120 cm³/mol. The Morgan fingerprint density at radius 3 is 2.79 bits per heavy atom. The van der Waals surface area contributed by atoms with Gasteiger partial charge in [-0.15, -0.1) is 5.73 Å². The Morgan fingerprint density at radius 1 is 1.41 bits per heavy atom. The van der Waals surface area contributed by atoms with Crippen LogP contribution in [0.25, 0.3) is 17.2 Å². The lowest BCUT2D eigenvalue weighted by Crippen LogP contribution is -2.59. The summed E-state index contributed by atoms with van der Waals surface area (Å²) in [5.74, 6) is 0.749. The monoisotopic (exact) mass is 406 g/mol. The highest BCUT2D eigenvalue weighted by molar-refractivity contribution is 7.21. The van der Waals surface area contributed by atoms with E-state index in [1.807, 2.05) is 6.07 Å². The Hall–Kier alpha value is -2.56. The zero-order valence-corrected chi connectivity index (χ0v) is 17.8. The highest BCUT2D eigenvalue weighted by atomic mass is 32.1. The fourth-order valence-corrected chi connectivity index (χ4v) is 5.51. The van der Waals surface area contributed by atoms with E-state index in [2.05, 4.69) is 45.0 Å². The van der Waals surface area contributed by atoms with Gasteiger partial charge in [-0.3, -0.25) is 4.79 Å². The van der Waals surface area contributed by atoms with Crippen molar-refractivity contribution in [2.24, 2.45) is 11.8 Å². The summed E-state index contributed by atoms with van der Waals surface area (Å²) in [4.78, 5) is 15.8. The van der Waals surface area contributed by atoms with E-state index in [4.69, 9.17) is 0 Å². The van der Waals surface area contributed by atoms with Gasteiger partial charge >= 0.3 is 0 Å². The molecule has 1 amide bonds. The van der Waals surface area contributed by atoms with Crippen molar-refractivity contribution in [3.8, 4) is 11.1 Å². The number of nitrogens with zero attached hydrogens (tertiary/aromatic N) is 1. The molecule has 0 spiro atoms. The van der Waals surface area contributed by atoms with Gasteiger partial charge in [0.1, 0.15) is 11.6 Å². The van der Waals surface area contributed by atoms with Gasteiger partial charge < -0.3 is 10.2 Å². The van der Waals surface area contributed by atoms with Crippen LogP contribution in [0.4, 0.5) is 4.39 Å². The molecule has 2 fully saturated rings. The van der Waals surface area contributed by atoms with Crippen LogP contribution in [0.3, 0.4) is 0 Å². The Balaban J connectivity index is 1.79. The first-order chi connectivity index (χ1) is 13.8. The van der Waals surface area contributed by atoms with Crippen LogP contribution >= 0.6 is 11.3 Å². The summed E-state index contributed by atoms with van der Waals surface area (Å²) in [6, 6.07) is 7.23. The van der Waals surface area contributed by atoms with Crippen LogP contribution in [0.5, 0.6) is 0 Å². The van der Waals surface area contributed by atoms with Crippen molar-refractivity contribution in [2.75, 3.05) is 7.05 Å². The van der Waals surface area contributed by atoms with Gasteiger partial charge in [-0.2, -0.15) is 11.3 Å². The summed E-state index contributed by atoms with van der Waals surface area (Å²) in [5, 5.41) is 3.53. The smallest absolute Gasteiger partial charge is 0.233 e.